The van der Waals surface area contributed by atoms with Crippen molar-refractivity contribution >= 4 is 114 Å². The van der Waals surface area contributed by atoms with Crippen molar-refractivity contribution in [2.24, 2.45) is 0 Å². The topological polar surface area (TPSA) is 157 Å². The van der Waals surface area contributed by atoms with Gasteiger partial charge in [-0.1, -0.05) is 193 Å². The predicted molar refractivity (Wildman–Crippen MR) is 470 cm³/mol. The first-order valence-corrected chi connectivity index (χ1v) is 39.3. The number of fused-ring (bicyclic) bond motifs is 9. The molecule has 0 aliphatic heterocycles. The molecule has 0 bridgehead atoms. The molecule has 0 amide bonds. The van der Waals surface area contributed by atoms with E-state index in [0.29, 0.717) is 23.3 Å². The summed E-state index contributed by atoms with van der Waals surface area (Å²) in [5.74, 6) is 2.63. The van der Waals surface area contributed by atoms with Crippen molar-refractivity contribution < 1.29 is 0 Å². The fourth-order valence-electron chi connectivity index (χ4n) is 14.6. The molecule has 17 heteroatoms. The zero-order valence-electron chi connectivity index (χ0n) is 60.6. The van der Waals surface area contributed by atoms with Crippen LogP contribution in [-0.2, 0) is 0 Å². The van der Waals surface area contributed by atoms with E-state index in [1.54, 1.807) is 12.4 Å². The predicted octanol–water partition coefficient (Wildman–Crippen LogP) is 25.0. The summed E-state index contributed by atoms with van der Waals surface area (Å²) >= 11 is 10.9. The summed E-state index contributed by atoms with van der Waals surface area (Å²) in [6.45, 7) is 0. The van der Waals surface area contributed by atoms with Gasteiger partial charge in [-0.05, 0) is 205 Å². The summed E-state index contributed by atoms with van der Waals surface area (Å²) in [6, 6.07) is 115. The van der Waals surface area contributed by atoms with Gasteiger partial charge in [0.1, 0.15) is 16.9 Å². The molecule has 11 heterocycles. The molecule has 21 rings (SSSR count). The van der Waals surface area contributed by atoms with E-state index < -0.39 is 0 Å². The van der Waals surface area contributed by atoms with Gasteiger partial charge in [0.25, 0.3) is 0 Å². The maximum atomic E-state index is 4.97. The quantitative estimate of drug-likeness (QED) is 0.115. The Morgan fingerprint density at radius 2 is 0.491 bits per heavy atom. The molecule has 0 fully saturated rings. The summed E-state index contributed by atoms with van der Waals surface area (Å²) < 4.78 is 9.76. The average Bonchev–Trinajstić information content (AvgIpc) is 1.59. The molecule has 11 aromatic heterocycles. The molecule has 0 saturated carbocycles. The second kappa shape index (κ2) is 31.1. The second-order valence-electron chi connectivity index (χ2n) is 27.0. The molecule has 0 radical (unpaired) electrons. The van der Waals surface area contributed by atoms with Crippen LogP contribution in [0.4, 0.5) is 0 Å². The number of nitrogens with zero attached hydrogens (tertiary/aromatic N) is 14. The SMILES string of the molecule is Brc1ccc2c(c1)c1cccnc1n2-c1ccc(-c2cc(-c3ccccn3)nc(-c3ccccn3)c2)cc1.Brc1ccc2c(c1)c1cccnc1n2-c1ccc(-c2nc(-c3ccccc3)cc(-c3ccccc3)n2)cc1.Brc1ccc2c(c1)c1cccnc1n2-c1ccc(-c2nc(-c3ccccc3)nc(-c3ccccc3)n2)cc1. The molecule has 0 atom stereocenters. The minimum atomic E-state index is 0.633. The number of aromatic nitrogens is 14. The first kappa shape index (κ1) is 70.4. The van der Waals surface area contributed by atoms with Gasteiger partial charge in [-0.3, -0.25) is 23.7 Å². The van der Waals surface area contributed by atoms with Crippen LogP contribution in [0.2, 0.25) is 0 Å². The van der Waals surface area contributed by atoms with E-state index in [-0.39, 0.29) is 0 Å². The third kappa shape index (κ3) is 14.1. The fourth-order valence-corrected chi connectivity index (χ4v) is 15.7. The Morgan fingerprint density at radius 3 is 0.833 bits per heavy atom. The lowest BCUT2D eigenvalue weighted by molar-refractivity contribution is 1.07. The van der Waals surface area contributed by atoms with Gasteiger partial charge in [0.2, 0.25) is 0 Å². The molecule has 0 spiro atoms. The highest BCUT2D eigenvalue weighted by Crippen LogP contribution is 2.39. The van der Waals surface area contributed by atoms with Crippen LogP contribution >= 0.6 is 47.8 Å². The highest BCUT2D eigenvalue weighted by atomic mass is 79.9. The van der Waals surface area contributed by atoms with Gasteiger partial charge in [0.05, 0.1) is 50.7 Å². The van der Waals surface area contributed by atoms with E-state index in [9.17, 15) is 0 Å². The van der Waals surface area contributed by atoms with E-state index in [0.717, 1.165) is 170 Å². The van der Waals surface area contributed by atoms with Crippen LogP contribution in [-0.4, -0.2) is 68.5 Å². The maximum absolute atomic E-state index is 4.97. The van der Waals surface area contributed by atoms with Crippen LogP contribution in [0.5, 0.6) is 0 Å². The molecular formula is C97H61Br3N14. The van der Waals surface area contributed by atoms with Crippen LogP contribution in [0.15, 0.2) is 384 Å². The van der Waals surface area contributed by atoms with E-state index in [1.807, 2.05) is 170 Å². The number of benzene rings is 10. The van der Waals surface area contributed by atoms with Crippen molar-refractivity contribution in [1.29, 1.82) is 0 Å². The van der Waals surface area contributed by atoms with Crippen LogP contribution in [0.3, 0.4) is 0 Å². The van der Waals surface area contributed by atoms with Crippen molar-refractivity contribution in [2.75, 3.05) is 0 Å². The Labute approximate surface area is 680 Å². The normalized spacial score (nSPS) is 11.3. The van der Waals surface area contributed by atoms with Crippen molar-refractivity contribution in [1.82, 2.24) is 68.5 Å². The maximum Gasteiger partial charge on any atom is 0.164 e. The number of hydrogen-bond acceptors (Lipinski definition) is 11. The summed E-state index contributed by atoms with van der Waals surface area (Å²) in [4.78, 5) is 52.5. The molecule has 0 saturated heterocycles. The summed E-state index contributed by atoms with van der Waals surface area (Å²) in [5.41, 5.74) is 22.4. The van der Waals surface area contributed by atoms with Crippen molar-refractivity contribution in [3.05, 3.63) is 384 Å². The summed E-state index contributed by atoms with van der Waals surface area (Å²) in [6.07, 6.45) is 9.10. The fraction of sp³-hybridized carbons (Fsp3) is 0. The average molecular weight is 1660 g/mol. The molecule has 10 aromatic carbocycles. The van der Waals surface area contributed by atoms with Crippen LogP contribution in [0.25, 0.3) is 185 Å². The zero-order chi connectivity index (χ0) is 76.4. The lowest BCUT2D eigenvalue weighted by Crippen LogP contribution is -2.00. The first-order valence-electron chi connectivity index (χ1n) is 36.9. The van der Waals surface area contributed by atoms with Crippen LogP contribution in [0.1, 0.15) is 0 Å². The molecule has 21 aromatic rings. The zero-order valence-corrected chi connectivity index (χ0v) is 65.4. The number of hydrogen-bond donors (Lipinski definition) is 0. The summed E-state index contributed by atoms with van der Waals surface area (Å²) in [5, 5.41) is 6.86. The molecule has 114 heavy (non-hydrogen) atoms. The van der Waals surface area contributed by atoms with Gasteiger partial charge in [-0.2, -0.15) is 0 Å². The molecule has 0 N–H and O–H groups in total. The Morgan fingerprint density at radius 1 is 0.184 bits per heavy atom. The highest BCUT2D eigenvalue weighted by Gasteiger charge is 2.21. The molecular weight excluding hydrogens is 1600 g/mol. The number of pyridine rings is 6. The van der Waals surface area contributed by atoms with Gasteiger partial charge in [0.15, 0.2) is 23.3 Å². The molecule has 540 valence electrons. The number of halogens is 3. The van der Waals surface area contributed by atoms with Crippen molar-refractivity contribution in [3.63, 3.8) is 0 Å². The summed E-state index contributed by atoms with van der Waals surface area (Å²) in [7, 11) is 0. The third-order valence-corrected chi connectivity index (χ3v) is 21.4. The van der Waals surface area contributed by atoms with E-state index in [2.05, 4.69) is 260 Å². The van der Waals surface area contributed by atoms with E-state index in [4.69, 9.17) is 44.9 Å². The number of rotatable bonds is 12. The van der Waals surface area contributed by atoms with Crippen molar-refractivity contribution in [2.45, 2.75) is 0 Å². The first-order chi connectivity index (χ1) is 56.2. The largest absolute Gasteiger partial charge is 0.294 e. The molecule has 0 aliphatic carbocycles. The Hall–Kier alpha value is -14.0. The molecule has 0 unspecified atom stereocenters. The van der Waals surface area contributed by atoms with Gasteiger partial charge >= 0.3 is 0 Å². The third-order valence-electron chi connectivity index (χ3n) is 19.9. The van der Waals surface area contributed by atoms with E-state index in [1.165, 1.54) is 5.39 Å². The monoisotopic (exact) mass is 1660 g/mol. The standard InChI is InChI=1S/C33H21BrN4.2C32H20BrN5/c34-25-15-18-31-28(20-25)27-12-7-19-35-33(27)38(31)26-16-13-24(14-17-26)32-36-29(22-8-3-1-4-9-22)21-30(37-32)23-10-5-2-6-11-23;33-23-11-14-31-26(20-23)25-6-5-17-36-32(25)38(31)24-12-9-21(10-13-24)22-18-29(27-7-1-3-15-34-27)37-30(19-22)28-8-2-4-16-35-28;33-24-15-18-28-27(20-24)26-12-7-19-34-32(26)38(28)25-16-13-23(14-17-25)31-36-29(21-8-3-1-4-9-21)35-30(37-31)22-10-5-2-6-11-22/h1-21H;2*1-20H. The van der Waals surface area contributed by atoms with Crippen LogP contribution in [0, 0.1) is 0 Å². The highest BCUT2D eigenvalue weighted by molar-refractivity contribution is 9.11. The minimum absolute atomic E-state index is 0.633. The Kier molecular flexibility index (Phi) is 19.2. The Bertz CT molecular complexity index is 6250. The smallest absolute Gasteiger partial charge is 0.164 e. The Balaban J connectivity index is 0.000000115. The second-order valence-corrected chi connectivity index (χ2v) is 29.8. The van der Waals surface area contributed by atoms with Crippen molar-refractivity contribution in [3.8, 4) is 119 Å². The minimum Gasteiger partial charge on any atom is -0.294 e. The van der Waals surface area contributed by atoms with Crippen LogP contribution < -0.4 is 0 Å². The lowest BCUT2D eigenvalue weighted by Gasteiger charge is -2.11. The van der Waals surface area contributed by atoms with Gasteiger partial charge in [-0.15, -0.1) is 0 Å². The van der Waals surface area contributed by atoms with Gasteiger partial charge in [0, 0.05) is 127 Å². The molecule has 14 nitrogen and oxygen atoms in total. The molecule has 0 aliphatic rings. The van der Waals surface area contributed by atoms with E-state index >= 15 is 0 Å². The van der Waals surface area contributed by atoms with Gasteiger partial charge < -0.3 is 0 Å². The lowest BCUT2D eigenvalue weighted by atomic mass is 10.0. The van der Waals surface area contributed by atoms with Gasteiger partial charge in [-0.25, -0.2) is 44.9 Å².